The van der Waals surface area contributed by atoms with Crippen molar-refractivity contribution in [3.8, 4) is 0 Å². The highest BCUT2D eigenvalue weighted by molar-refractivity contribution is 5.85. The fourth-order valence-corrected chi connectivity index (χ4v) is 1.32. The molecule has 0 heterocycles. The zero-order chi connectivity index (χ0) is 17.5. The number of ketones is 1. The summed E-state index contributed by atoms with van der Waals surface area (Å²) in [5.41, 5.74) is 0. The highest BCUT2D eigenvalue weighted by atomic mass is 16.5. The summed E-state index contributed by atoms with van der Waals surface area (Å²) in [5, 5.41) is 5.01. The van der Waals surface area contributed by atoms with Crippen molar-refractivity contribution in [3.05, 3.63) is 0 Å². The van der Waals surface area contributed by atoms with E-state index in [9.17, 15) is 14.4 Å². The van der Waals surface area contributed by atoms with E-state index in [4.69, 9.17) is 14.2 Å². The minimum atomic E-state index is -0.365. The van der Waals surface area contributed by atoms with E-state index in [-0.39, 0.29) is 59.3 Å². The lowest BCUT2D eigenvalue weighted by Crippen LogP contribution is -2.39. The maximum atomic E-state index is 11.5. The second-order valence-corrected chi connectivity index (χ2v) is 5.05. The fourth-order valence-electron chi connectivity index (χ4n) is 1.32. The number of hydrogen-bond acceptors (Lipinski definition) is 6. The Morgan fingerprint density at radius 3 is 2.22 bits per heavy atom. The van der Waals surface area contributed by atoms with Crippen LogP contribution in [-0.2, 0) is 28.6 Å². The molecule has 0 atom stereocenters. The van der Waals surface area contributed by atoms with Gasteiger partial charge in [-0.25, -0.2) is 0 Å². The lowest BCUT2D eigenvalue weighted by atomic mass is 10.1. The normalized spacial score (nSPS) is 10.6. The monoisotopic (exact) mass is 336 g/mol. The summed E-state index contributed by atoms with van der Waals surface area (Å²) in [6, 6.07) is 0. The van der Waals surface area contributed by atoms with Crippen molar-refractivity contribution in [1.29, 1.82) is 0 Å². The molecule has 0 aliphatic rings. The summed E-state index contributed by atoms with van der Waals surface area (Å²) in [5.74, 6) is -0.731. The highest BCUT2D eigenvalue weighted by Crippen LogP contribution is 1.93. The van der Waals surface area contributed by atoms with Gasteiger partial charge in [0.15, 0.2) is 5.78 Å². The van der Waals surface area contributed by atoms with Crippen LogP contribution in [0.3, 0.4) is 0 Å². The van der Waals surface area contributed by atoms with Gasteiger partial charge in [-0.1, -0.05) is 13.8 Å². The molecule has 0 fully saturated rings. The Balaban J connectivity index is -0.00000242. The Hall–Kier alpha value is -1.51. The topological polar surface area (TPSA) is 103 Å². The summed E-state index contributed by atoms with van der Waals surface area (Å²) in [6.07, 6.45) is 0. The number of carbonyl (C=O) groups is 3. The number of carbonyl (C=O) groups excluding carboxylic acids is 3. The second kappa shape index (κ2) is 14.1. The van der Waals surface area contributed by atoms with Gasteiger partial charge in [0.25, 0.3) is 0 Å². The minimum absolute atomic E-state index is 0. The summed E-state index contributed by atoms with van der Waals surface area (Å²) < 4.78 is 15.3. The van der Waals surface area contributed by atoms with E-state index in [1.54, 1.807) is 13.8 Å². The van der Waals surface area contributed by atoms with Gasteiger partial charge in [-0.2, -0.15) is 0 Å². The van der Waals surface area contributed by atoms with Crippen molar-refractivity contribution >= 4 is 17.6 Å². The van der Waals surface area contributed by atoms with Crippen molar-refractivity contribution in [2.24, 2.45) is 5.92 Å². The molecule has 0 spiro atoms. The Morgan fingerprint density at radius 2 is 1.57 bits per heavy atom. The zero-order valence-electron chi connectivity index (χ0n) is 14.2. The van der Waals surface area contributed by atoms with Crippen LogP contribution in [0.1, 0.15) is 23.6 Å². The van der Waals surface area contributed by atoms with Crippen LogP contribution in [0.25, 0.3) is 0 Å². The Bertz CT molecular complexity index is 370. The van der Waals surface area contributed by atoms with Crippen LogP contribution < -0.4 is 10.6 Å². The fraction of sp³-hybridized carbons (Fsp3) is 0.800. The predicted octanol–water partition coefficient (Wildman–Crippen LogP) is 0.00560. The largest absolute Gasteiger partial charge is 0.379 e. The standard InChI is InChI=1S/C15H28N2O6.2H2/c1-4-21-7-8-23-11-15(20)17-9-14(19)16-5-6-22-10-13(18)12(2)3;;/h12H,4-11H2,1-3H3,(H,16,19)(H,17,20);2*1H. The molecule has 0 saturated carbocycles. The molecule has 138 valence electrons. The number of Topliss-reactive ketones (excluding diaryl/α,β-unsaturated/α-hetero) is 1. The molecule has 0 aliphatic carbocycles. The molecule has 0 unspecified atom stereocenters. The molecule has 2 amide bonds. The van der Waals surface area contributed by atoms with Crippen LogP contribution in [0.5, 0.6) is 0 Å². The third-order valence-corrected chi connectivity index (χ3v) is 2.71. The molecular weight excluding hydrogens is 304 g/mol. The lowest BCUT2D eigenvalue weighted by Gasteiger charge is -2.08. The van der Waals surface area contributed by atoms with Gasteiger partial charge in [-0.05, 0) is 6.92 Å². The van der Waals surface area contributed by atoms with Gasteiger partial charge in [0.1, 0.15) is 13.2 Å². The van der Waals surface area contributed by atoms with Gasteiger partial charge >= 0.3 is 0 Å². The van der Waals surface area contributed by atoms with Crippen molar-refractivity contribution in [2.45, 2.75) is 20.8 Å². The molecule has 0 aromatic carbocycles. The van der Waals surface area contributed by atoms with Gasteiger partial charge in [0.2, 0.25) is 11.8 Å². The first-order valence-electron chi connectivity index (χ1n) is 7.76. The molecule has 0 rings (SSSR count). The quantitative estimate of drug-likeness (QED) is 0.433. The summed E-state index contributed by atoms with van der Waals surface area (Å²) in [6.45, 7) is 7.19. The van der Waals surface area contributed by atoms with E-state index in [0.717, 1.165) is 0 Å². The summed E-state index contributed by atoms with van der Waals surface area (Å²) in [4.78, 5) is 34.1. The van der Waals surface area contributed by atoms with Crippen LogP contribution in [0.2, 0.25) is 0 Å². The molecule has 0 aromatic heterocycles. The molecule has 8 nitrogen and oxygen atoms in total. The van der Waals surface area contributed by atoms with E-state index in [1.165, 1.54) is 0 Å². The maximum Gasteiger partial charge on any atom is 0.246 e. The number of nitrogens with one attached hydrogen (secondary N) is 2. The Labute approximate surface area is 140 Å². The number of rotatable bonds is 14. The second-order valence-electron chi connectivity index (χ2n) is 5.05. The SMILES string of the molecule is CCOCCOCC(=O)NCC(=O)NCCOCC(=O)C(C)C.[HH].[HH]. The molecule has 2 N–H and O–H groups in total. The molecule has 8 heteroatoms. The van der Waals surface area contributed by atoms with Crippen LogP contribution >= 0.6 is 0 Å². The van der Waals surface area contributed by atoms with E-state index < -0.39 is 0 Å². The molecule has 0 radical (unpaired) electrons. The van der Waals surface area contributed by atoms with E-state index >= 15 is 0 Å². The highest BCUT2D eigenvalue weighted by Gasteiger charge is 2.07. The van der Waals surface area contributed by atoms with Crippen molar-refractivity contribution in [3.63, 3.8) is 0 Å². The first-order chi connectivity index (χ1) is 11.0. The minimum Gasteiger partial charge on any atom is -0.379 e. The van der Waals surface area contributed by atoms with Gasteiger partial charge in [-0.15, -0.1) is 0 Å². The van der Waals surface area contributed by atoms with Gasteiger partial charge in [0, 0.05) is 21.9 Å². The first-order valence-corrected chi connectivity index (χ1v) is 7.76. The average Bonchev–Trinajstić information content (AvgIpc) is 2.52. The van der Waals surface area contributed by atoms with Crippen LogP contribution in [0.15, 0.2) is 0 Å². The summed E-state index contributed by atoms with van der Waals surface area (Å²) >= 11 is 0. The smallest absolute Gasteiger partial charge is 0.246 e. The summed E-state index contributed by atoms with van der Waals surface area (Å²) in [7, 11) is 0. The van der Waals surface area contributed by atoms with Crippen LogP contribution in [0, 0.1) is 5.92 Å². The van der Waals surface area contributed by atoms with E-state index in [1.807, 2.05) is 6.92 Å². The maximum absolute atomic E-state index is 11.5. The van der Waals surface area contributed by atoms with Gasteiger partial charge < -0.3 is 24.8 Å². The number of ether oxygens (including phenoxy) is 3. The molecule has 0 aromatic rings. The zero-order valence-corrected chi connectivity index (χ0v) is 14.2. The van der Waals surface area contributed by atoms with Crippen molar-refractivity contribution in [2.75, 3.05) is 52.7 Å². The van der Waals surface area contributed by atoms with E-state index in [2.05, 4.69) is 10.6 Å². The van der Waals surface area contributed by atoms with Gasteiger partial charge in [0.05, 0.1) is 26.4 Å². The molecule has 23 heavy (non-hydrogen) atoms. The van der Waals surface area contributed by atoms with E-state index in [0.29, 0.717) is 19.8 Å². The van der Waals surface area contributed by atoms with Gasteiger partial charge in [-0.3, -0.25) is 14.4 Å². The van der Waals surface area contributed by atoms with Crippen molar-refractivity contribution < 1.29 is 31.4 Å². The molecule has 0 aliphatic heterocycles. The first kappa shape index (κ1) is 21.5. The Kier molecular flexibility index (Phi) is 13.2. The third kappa shape index (κ3) is 13.8. The number of amides is 2. The third-order valence-electron chi connectivity index (χ3n) is 2.71. The van der Waals surface area contributed by atoms with Crippen LogP contribution in [-0.4, -0.2) is 70.3 Å². The Morgan fingerprint density at radius 1 is 0.913 bits per heavy atom. The predicted molar refractivity (Wildman–Crippen MR) is 88.2 cm³/mol. The van der Waals surface area contributed by atoms with Crippen molar-refractivity contribution in [1.82, 2.24) is 10.6 Å². The van der Waals surface area contributed by atoms with Crippen LogP contribution in [0.4, 0.5) is 0 Å². The number of hydrogen-bond donors (Lipinski definition) is 2. The molecule has 0 bridgehead atoms. The molecular formula is C15H32N2O6. The molecule has 0 saturated heterocycles. The lowest BCUT2D eigenvalue weighted by molar-refractivity contribution is -0.129. The average molecular weight is 336 g/mol.